The van der Waals surface area contributed by atoms with Gasteiger partial charge < -0.3 is 5.32 Å². The molecule has 1 amide bonds. The fourth-order valence-electron chi connectivity index (χ4n) is 3.16. The minimum Gasteiger partial charge on any atom is -0.311 e. The van der Waals surface area contributed by atoms with Crippen LogP contribution in [0.2, 0.25) is 0 Å². The standard InChI is InChI=1S/C19H16F2N6O/c1-10(28)24-16-7-14-13(9-23-16)18(12-6-11(12)8-22)26-27(14)17-5-3-4-15(25-17)19(2,20)21/h3-5,7,9,11-12H,6H2,1-2H3,(H,23,24,28)/t11-,12+/m1/s1. The molecule has 3 aromatic rings. The molecular weight excluding hydrogens is 366 g/mol. The van der Waals surface area contributed by atoms with Crippen molar-refractivity contribution in [3.05, 3.63) is 41.9 Å². The summed E-state index contributed by atoms with van der Waals surface area (Å²) in [6.45, 7) is 2.15. The van der Waals surface area contributed by atoms with E-state index in [1.807, 2.05) is 0 Å². The zero-order valence-electron chi connectivity index (χ0n) is 15.1. The average Bonchev–Trinajstić information content (AvgIpc) is 3.33. The second-order valence-corrected chi connectivity index (χ2v) is 6.91. The quantitative estimate of drug-likeness (QED) is 0.745. The number of carbonyl (C=O) groups is 1. The van der Waals surface area contributed by atoms with Crippen LogP contribution in [0, 0.1) is 17.2 Å². The van der Waals surface area contributed by atoms with Crippen LogP contribution in [-0.4, -0.2) is 25.7 Å². The van der Waals surface area contributed by atoms with E-state index in [0.29, 0.717) is 28.8 Å². The third-order valence-electron chi connectivity index (χ3n) is 4.61. The summed E-state index contributed by atoms with van der Waals surface area (Å²) in [7, 11) is 0. The molecule has 1 saturated carbocycles. The van der Waals surface area contributed by atoms with E-state index in [9.17, 15) is 13.6 Å². The monoisotopic (exact) mass is 382 g/mol. The lowest BCUT2D eigenvalue weighted by Gasteiger charge is -2.11. The van der Waals surface area contributed by atoms with Crippen LogP contribution >= 0.6 is 0 Å². The molecule has 0 unspecified atom stereocenters. The molecule has 1 aliphatic carbocycles. The summed E-state index contributed by atoms with van der Waals surface area (Å²) < 4.78 is 28.9. The van der Waals surface area contributed by atoms with E-state index in [1.54, 1.807) is 18.3 Å². The maximum Gasteiger partial charge on any atom is 0.287 e. The number of fused-ring (bicyclic) bond motifs is 1. The van der Waals surface area contributed by atoms with Crippen LogP contribution in [0.3, 0.4) is 0 Å². The van der Waals surface area contributed by atoms with Gasteiger partial charge in [0.1, 0.15) is 11.5 Å². The molecule has 4 rings (SSSR count). The summed E-state index contributed by atoms with van der Waals surface area (Å²) in [5, 5.41) is 17.0. The van der Waals surface area contributed by atoms with Crippen molar-refractivity contribution in [2.24, 2.45) is 5.92 Å². The molecule has 1 aliphatic rings. The Labute approximate surface area is 159 Å². The van der Waals surface area contributed by atoms with Gasteiger partial charge in [-0.3, -0.25) is 4.79 Å². The Morgan fingerprint density at radius 1 is 1.43 bits per heavy atom. The molecule has 9 heteroatoms. The third kappa shape index (κ3) is 3.17. The zero-order valence-corrected chi connectivity index (χ0v) is 15.1. The molecule has 0 spiro atoms. The van der Waals surface area contributed by atoms with Crippen molar-refractivity contribution < 1.29 is 13.6 Å². The Hall–Kier alpha value is -3.41. The number of amides is 1. The van der Waals surface area contributed by atoms with Gasteiger partial charge >= 0.3 is 0 Å². The van der Waals surface area contributed by atoms with Crippen LogP contribution in [0.4, 0.5) is 14.6 Å². The number of pyridine rings is 2. The first-order valence-corrected chi connectivity index (χ1v) is 8.69. The number of nitrogens with zero attached hydrogens (tertiary/aromatic N) is 5. The highest BCUT2D eigenvalue weighted by Gasteiger charge is 2.42. The molecule has 2 atom stereocenters. The smallest absolute Gasteiger partial charge is 0.287 e. The molecule has 3 aromatic heterocycles. The molecular formula is C19H16F2N6O. The predicted octanol–water partition coefficient (Wildman–Crippen LogP) is 3.51. The Morgan fingerprint density at radius 3 is 2.86 bits per heavy atom. The maximum atomic E-state index is 13.7. The van der Waals surface area contributed by atoms with Crippen LogP contribution in [0.5, 0.6) is 0 Å². The average molecular weight is 382 g/mol. The van der Waals surface area contributed by atoms with Gasteiger partial charge in [0.05, 0.1) is 23.2 Å². The van der Waals surface area contributed by atoms with Crippen molar-refractivity contribution in [1.29, 1.82) is 5.26 Å². The number of hydrogen-bond donors (Lipinski definition) is 1. The fraction of sp³-hybridized carbons (Fsp3) is 0.316. The van der Waals surface area contributed by atoms with E-state index in [0.717, 1.165) is 6.92 Å². The Kier molecular flexibility index (Phi) is 4.07. The van der Waals surface area contributed by atoms with Crippen molar-refractivity contribution >= 4 is 22.6 Å². The molecule has 3 heterocycles. The van der Waals surface area contributed by atoms with Crippen LogP contribution in [0.25, 0.3) is 16.7 Å². The number of halogens is 2. The highest BCUT2D eigenvalue weighted by atomic mass is 19.3. The molecule has 0 bridgehead atoms. The van der Waals surface area contributed by atoms with Crippen molar-refractivity contribution in [2.75, 3.05) is 5.32 Å². The topological polar surface area (TPSA) is 96.5 Å². The largest absolute Gasteiger partial charge is 0.311 e. The summed E-state index contributed by atoms with van der Waals surface area (Å²) in [5.41, 5.74) is 0.882. The highest BCUT2D eigenvalue weighted by Crippen LogP contribution is 2.48. The van der Waals surface area contributed by atoms with Crippen molar-refractivity contribution in [1.82, 2.24) is 19.7 Å². The van der Waals surface area contributed by atoms with E-state index < -0.39 is 5.92 Å². The SMILES string of the molecule is CC(=O)Nc1cc2c(cn1)c([C@H]1C[C@@H]1C#N)nn2-c1cccc(C(C)(F)F)n1. The Morgan fingerprint density at radius 2 is 2.21 bits per heavy atom. The number of nitrogens with one attached hydrogen (secondary N) is 1. The zero-order chi connectivity index (χ0) is 20.1. The molecule has 28 heavy (non-hydrogen) atoms. The van der Waals surface area contributed by atoms with Gasteiger partial charge in [-0.05, 0) is 18.6 Å². The van der Waals surface area contributed by atoms with Gasteiger partial charge in [-0.15, -0.1) is 0 Å². The van der Waals surface area contributed by atoms with Gasteiger partial charge in [0, 0.05) is 37.4 Å². The minimum atomic E-state index is -3.09. The molecule has 1 fully saturated rings. The lowest BCUT2D eigenvalue weighted by atomic mass is 10.1. The molecule has 0 radical (unpaired) electrons. The summed E-state index contributed by atoms with van der Waals surface area (Å²) >= 11 is 0. The minimum absolute atomic E-state index is 0.0297. The van der Waals surface area contributed by atoms with Gasteiger partial charge in [-0.1, -0.05) is 6.07 Å². The van der Waals surface area contributed by atoms with Crippen LogP contribution in [0.1, 0.15) is 37.6 Å². The fourth-order valence-corrected chi connectivity index (χ4v) is 3.16. The van der Waals surface area contributed by atoms with E-state index in [1.165, 1.54) is 23.7 Å². The number of carbonyl (C=O) groups excluding carboxylic acids is 1. The summed E-state index contributed by atoms with van der Waals surface area (Å²) in [5.74, 6) is -2.98. The van der Waals surface area contributed by atoms with Crippen LogP contribution < -0.4 is 5.32 Å². The molecule has 0 aliphatic heterocycles. The van der Waals surface area contributed by atoms with Gasteiger partial charge in [0.25, 0.3) is 5.92 Å². The molecule has 7 nitrogen and oxygen atoms in total. The molecule has 142 valence electrons. The molecule has 0 aromatic carbocycles. The van der Waals surface area contributed by atoms with Crippen molar-refractivity contribution in [3.63, 3.8) is 0 Å². The first-order chi connectivity index (χ1) is 13.3. The summed E-state index contributed by atoms with van der Waals surface area (Å²) in [4.78, 5) is 19.6. The predicted molar refractivity (Wildman–Crippen MR) is 97.0 cm³/mol. The van der Waals surface area contributed by atoms with E-state index in [4.69, 9.17) is 5.26 Å². The van der Waals surface area contributed by atoms with Crippen LogP contribution in [0.15, 0.2) is 30.5 Å². The van der Waals surface area contributed by atoms with E-state index in [-0.39, 0.29) is 29.3 Å². The van der Waals surface area contributed by atoms with E-state index in [2.05, 4.69) is 26.5 Å². The van der Waals surface area contributed by atoms with E-state index >= 15 is 0 Å². The first-order valence-electron chi connectivity index (χ1n) is 8.69. The molecule has 0 saturated heterocycles. The number of aromatic nitrogens is 4. The Bertz CT molecular complexity index is 1130. The number of nitriles is 1. The van der Waals surface area contributed by atoms with Crippen LogP contribution in [-0.2, 0) is 10.7 Å². The highest BCUT2D eigenvalue weighted by molar-refractivity contribution is 5.91. The van der Waals surface area contributed by atoms with Gasteiger partial charge in [-0.25, -0.2) is 14.6 Å². The molecule has 1 N–H and O–H groups in total. The van der Waals surface area contributed by atoms with Gasteiger partial charge in [0.2, 0.25) is 5.91 Å². The third-order valence-corrected chi connectivity index (χ3v) is 4.61. The number of anilines is 1. The first kappa shape index (κ1) is 18.0. The second-order valence-electron chi connectivity index (χ2n) is 6.91. The van der Waals surface area contributed by atoms with Crippen molar-refractivity contribution in [3.8, 4) is 11.9 Å². The summed E-state index contributed by atoms with van der Waals surface area (Å²) in [6, 6.07) is 8.18. The van der Waals surface area contributed by atoms with Gasteiger partial charge in [0.15, 0.2) is 5.82 Å². The number of alkyl halides is 2. The normalized spacial score (nSPS) is 18.7. The van der Waals surface area contributed by atoms with Crippen molar-refractivity contribution in [2.45, 2.75) is 32.1 Å². The number of hydrogen-bond acceptors (Lipinski definition) is 5. The van der Waals surface area contributed by atoms with Gasteiger partial charge in [-0.2, -0.15) is 19.1 Å². The lowest BCUT2D eigenvalue weighted by Crippen LogP contribution is -2.12. The second kappa shape index (κ2) is 6.34. The maximum absolute atomic E-state index is 13.7. The summed E-state index contributed by atoms with van der Waals surface area (Å²) in [6.07, 6.45) is 2.26. The number of rotatable bonds is 4. The Balaban J connectivity index is 1.89. The lowest BCUT2D eigenvalue weighted by molar-refractivity contribution is -0.114.